The maximum absolute atomic E-state index is 2.34. The number of hydrogen-bond donors (Lipinski definition) is 0. The minimum Gasteiger partial charge on any atom is -0.101 e. The van der Waals surface area contributed by atoms with Gasteiger partial charge in [-0.3, -0.25) is 0 Å². The van der Waals surface area contributed by atoms with Crippen molar-refractivity contribution in [3.63, 3.8) is 0 Å². The van der Waals surface area contributed by atoms with Crippen molar-refractivity contribution in [1.29, 1.82) is 0 Å². The van der Waals surface area contributed by atoms with Crippen LogP contribution in [0.1, 0.15) is 34.6 Å². The summed E-state index contributed by atoms with van der Waals surface area (Å²) in [6, 6.07) is 0. The summed E-state index contributed by atoms with van der Waals surface area (Å²) >= 11 is 0.662. The third kappa shape index (κ3) is 8.53. The first-order chi connectivity index (χ1) is 3.92. The van der Waals surface area contributed by atoms with Gasteiger partial charge in [0.1, 0.15) is 0 Å². The third-order valence-corrected chi connectivity index (χ3v) is 3.60. The van der Waals surface area contributed by atoms with Crippen LogP contribution < -0.4 is 0 Å². The fourth-order valence-electron chi connectivity index (χ4n) is 0.589. The van der Waals surface area contributed by atoms with Crippen molar-refractivity contribution in [2.75, 3.05) is 0 Å². The molecule has 0 aliphatic carbocycles. The van der Waals surface area contributed by atoms with Crippen LogP contribution in [-0.4, -0.2) is 15.2 Å². The van der Waals surface area contributed by atoms with Crippen LogP contribution in [0.15, 0.2) is 0 Å². The second-order valence-corrected chi connectivity index (χ2v) is 6.81. The Labute approximate surface area is 65.7 Å². The Kier molecular flexibility index (Phi) is 3.86. The molecule has 0 aliphatic rings. The molecule has 0 rings (SSSR count). The molecule has 1 radical (unpaired) electrons. The van der Waals surface area contributed by atoms with Gasteiger partial charge in [0.2, 0.25) is 15.2 Å². The van der Waals surface area contributed by atoms with Crippen molar-refractivity contribution < 1.29 is 0 Å². The summed E-state index contributed by atoms with van der Waals surface area (Å²) in [5.74, 6) is 0.902. The molecule has 0 atom stereocenters. The fraction of sp³-hybridized carbons (Fsp3) is 1.00. The highest BCUT2D eigenvalue weighted by Crippen LogP contribution is 2.23. The van der Waals surface area contributed by atoms with Crippen LogP contribution in [0.25, 0.3) is 0 Å². The van der Waals surface area contributed by atoms with E-state index in [4.69, 9.17) is 0 Å². The summed E-state index contributed by atoms with van der Waals surface area (Å²) < 4.78 is 0.615. The normalized spacial score (nSPS) is 12.2. The van der Waals surface area contributed by atoms with Crippen LogP contribution >= 0.6 is 0 Å². The molecule has 0 fully saturated rings. The van der Waals surface area contributed by atoms with E-state index >= 15 is 0 Å². The summed E-state index contributed by atoms with van der Waals surface area (Å²) in [6.07, 6.45) is 0. The molecule has 53 valence electrons. The quantitative estimate of drug-likeness (QED) is 0.518. The topological polar surface area (TPSA) is 0 Å². The molecular weight excluding hydrogens is 123 g/mol. The molecule has 0 saturated carbocycles. The van der Waals surface area contributed by atoms with Crippen molar-refractivity contribution in [1.82, 2.24) is 0 Å². The van der Waals surface area contributed by atoms with Crippen LogP contribution in [-0.2, 0) is 0 Å². The zero-order chi connectivity index (χ0) is 7.49. The molecule has 0 bridgehead atoms. The average Bonchev–Trinajstić information content (AvgIpc) is 1.59. The second kappa shape index (κ2) is 3.64. The van der Waals surface area contributed by atoms with Crippen LogP contribution in [0.5, 0.6) is 0 Å². The van der Waals surface area contributed by atoms with Crippen LogP contribution in [0.4, 0.5) is 0 Å². The minimum atomic E-state index is 0.615. The minimum absolute atomic E-state index is 0.615. The lowest BCUT2D eigenvalue weighted by Crippen LogP contribution is -2.09. The van der Waals surface area contributed by atoms with E-state index in [0.29, 0.717) is 19.5 Å². The highest BCUT2D eigenvalue weighted by molar-refractivity contribution is 6.39. The number of hydrogen-bond acceptors (Lipinski definition) is 0. The molecule has 0 aromatic carbocycles. The molecule has 0 aromatic heterocycles. The molecule has 0 saturated heterocycles. The van der Waals surface area contributed by atoms with Gasteiger partial charge >= 0.3 is 0 Å². The zero-order valence-corrected chi connectivity index (χ0v) is 8.52. The summed E-state index contributed by atoms with van der Waals surface area (Å²) in [7, 11) is 0. The lowest BCUT2D eigenvalue weighted by atomic mass is 10.2. The summed E-state index contributed by atoms with van der Waals surface area (Å²) in [4.78, 5) is 0. The smallest absolute Gasteiger partial charge is 0.101 e. The van der Waals surface area contributed by atoms with Gasteiger partial charge in [-0.15, -0.1) is 5.28 Å². The van der Waals surface area contributed by atoms with Crippen molar-refractivity contribution in [3.05, 3.63) is 0 Å². The summed E-state index contributed by atoms with van der Waals surface area (Å²) in [5.41, 5.74) is 0. The molecule has 0 unspecified atom stereocenters. The van der Waals surface area contributed by atoms with E-state index in [-0.39, 0.29) is 0 Å². The van der Waals surface area contributed by atoms with Gasteiger partial charge in [-0.2, -0.15) is 0 Å². The Morgan fingerprint density at radius 3 is 1.78 bits per heavy atom. The SMILES string of the molecule is CC(C)[CH2][Al][C](C)(C)C. The van der Waals surface area contributed by atoms with Gasteiger partial charge in [-0.1, -0.05) is 44.8 Å². The molecule has 0 N–H and O–H groups in total. The van der Waals surface area contributed by atoms with E-state index in [2.05, 4.69) is 34.6 Å². The van der Waals surface area contributed by atoms with E-state index in [1.165, 1.54) is 5.28 Å². The Morgan fingerprint density at radius 1 is 1.22 bits per heavy atom. The van der Waals surface area contributed by atoms with Crippen LogP contribution in [0, 0.1) is 5.92 Å². The van der Waals surface area contributed by atoms with Crippen molar-refractivity contribution in [3.8, 4) is 0 Å². The molecule has 0 amide bonds. The highest BCUT2D eigenvalue weighted by atomic mass is 27.1. The molecule has 0 heterocycles. The van der Waals surface area contributed by atoms with E-state index in [9.17, 15) is 0 Å². The van der Waals surface area contributed by atoms with Crippen LogP contribution in [0.3, 0.4) is 0 Å². The third-order valence-electron chi connectivity index (χ3n) is 1.20. The average molecular weight is 141 g/mol. The van der Waals surface area contributed by atoms with E-state index in [1.807, 2.05) is 0 Å². The Bertz CT molecular complexity index is 69.1. The van der Waals surface area contributed by atoms with Crippen LogP contribution in [0.2, 0.25) is 9.56 Å². The summed E-state index contributed by atoms with van der Waals surface area (Å²) in [6.45, 7) is 11.6. The molecular formula is C8H18Al. The highest BCUT2D eigenvalue weighted by Gasteiger charge is 2.12. The van der Waals surface area contributed by atoms with Crippen molar-refractivity contribution >= 4 is 15.2 Å². The predicted octanol–water partition coefficient (Wildman–Crippen LogP) is 2.98. The fourth-order valence-corrected chi connectivity index (χ4v) is 1.77. The first-order valence-electron chi connectivity index (χ1n) is 3.76. The van der Waals surface area contributed by atoms with Crippen molar-refractivity contribution in [2.24, 2.45) is 5.92 Å². The molecule has 0 aromatic rings. The Balaban J connectivity index is 3.28. The van der Waals surface area contributed by atoms with Gasteiger partial charge in [-0.25, -0.2) is 0 Å². The van der Waals surface area contributed by atoms with Gasteiger partial charge in [-0.05, 0) is 0 Å². The lowest BCUT2D eigenvalue weighted by molar-refractivity contribution is 0.689. The Morgan fingerprint density at radius 2 is 1.67 bits per heavy atom. The Hall–Kier alpha value is 0.532. The molecule has 0 nitrogen and oxygen atoms in total. The molecule has 0 spiro atoms. The predicted molar refractivity (Wildman–Crippen MR) is 45.1 cm³/mol. The first kappa shape index (κ1) is 9.53. The van der Waals surface area contributed by atoms with Gasteiger partial charge in [0, 0.05) is 0 Å². The number of rotatable bonds is 2. The standard InChI is InChI=1S/2C4H9.Al/c2*1-4(2)3;/h1-3H3;4H,1H2,2-3H3;. The zero-order valence-electron chi connectivity index (χ0n) is 7.36. The monoisotopic (exact) mass is 141 g/mol. The molecule has 9 heavy (non-hydrogen) atoms. The van der Waals surface area contributed by atoms with Gasteiger partial charge in [0.15, 0.2) is 0 Å². The van der Waals surface area contributed by atoms with E-state index in [1.54, 1.807) is 0 Å². The molecule has 0 aliphatic heterocycles. The lowest BCUT2D eigenvalue weighted by Gasteiger charge is -2.17. The maximum Gasteiger partial charge on any atom is 0.209 e. The van der Waals surface area contributed by atoms with Crippen molar-refractivity contribution in [2.45, 2.75) is 44.2 Å². The molecule has 1 heteroatoms. The van der Waals surface area contributed by atoms with Gasteiger partial charge in [0.25, 0.3) is 0 Å². The van der Waals surface area contributed by atoms with E-state index < -0.39 is 0 Å². The van der Waals surface area contributed by atoms with Gasteiger partial charge in [0.05, 0.1) is 0 Å². The van der Waals surface area contributed by atoms with E-state index in [0.717, 1.165) is 5.92 Å². The maximum atomic E-state index is 2.34. The largest absolute Gasteiger partial charge is 0.209 e. The van der Waals surface area contributed by atoms with Gasteiger partial charge < -0.3 is 0 Å². The summed E-state index contributed by atoms with van der Waals surface area (Å²) in [5, 5.41) is 1.45. The first-order valence-corrected chi connectivity index (χ1v) is 5.15. The second-order valence-electron chi connectivity index (χ2n) is 4.20.